The lowest BCUT2D eigenvalue weighted by Crippen LogP contribution is -2.24. The second kappa shape index (κ2) is 6.58. The fourth-order valence-electron chi connectivity index (χ4n) is 2.48. The molecule has 1 amide bonds. The van der Waals surface area contributed by atoms with Crippen molar-refractivity contribution in [3.8, 4) is 0 Å². The maximum atomic E-state index is 12.3. The van der Waals surface area contributed by atoms with Crippen LogP contribution in [0, 0.1) is 6.92 Å². The van der Waals surface area contributed by atoms with Crippen molar-refractivity contribution in [2.24, 2.45) is 0 Å². The molecule has 0 saturated heterocycles. The van der Waals surface area contributed by atoms with Gasteiger partial charge in [0, 0.05) is 30.3 Å². The molecule has 0 aliphatic carbocycles. The van der Waals surface area contributed by atoms with Crippen LogP contribution in [-0.4, -0.2) is 22.8 Å². The molecule has 1 aromatic carbocycles. The first kappa shape index (κ1) is 15.8. The van der Waals surface area contributed by atoms with Gasteiger partial charge >= 0.3 is 0 Å². The highest BCUT2D eigenvalue weighted by Gasteiger charge is 2.14. The first-order valence-corrected chi connectivity index (χ1v) is 7.66. The fourth-order valence-corrected chi connectivity index (χ4v) is 2.48. The Morgan fingerprint density at radius 2 is 2.08 bits per heavy atom. The highest BCUT2D eigenvalue weighted by atomic mass is 16.3. The average Bonchev–Trinajstić information content (AvgIpc) is 2.90. The number of rotatable bonds is 4. The van der Waals surface area contributed by atoms with Gasteiger partial charge in [0.25, 0.3) is 0 Å². The quantitative estimate of drug-likeness (QED) is 0.748. The summed E-state index contributed by atoms with van der Waals surface area (Å²) in [5.74, 6) is 1.15. The largest absolute Gasteiger partial charge is 0.459 e. The number of anilines is 1. The summed E-state index contributed by atoms with van der Waals surface area (Å²) in [6, 6.07) is 11.4. The number of aryl methyl sites for hydroxylation is 1. The summed E-state index contributed by atoms with van der Waals surface area (Å²) in [4.78, 5) is 17.9. The second-order valence-corrected chi connectivity index (χ2v) is 5.69. The van der Waals surface area contributed by atoms with Gasteiger partial charge in [0.1, 0.15) is 17.2 Å². The van der Waals surface area contributed by atoms with Gasteiger partial charge in [-0.3, -0.25) is 4.79 Å². The van der Waals surface area contributed by atoms with Gasteiger partial charge in [0.2, 0.25) is 5.91 Å². The number of benzene rings is 1. The van der Waals surface area contributed by atoms with Gasteiger partial charge in [-0.25, -0.2) is 4.98 Å². The molecule has 0 bridgehead atoms. The van der Waals surface area contributed by atoms with Crippen molar-refractivity contribution < 1.29 is 9.21 Å². The van der Waals surface area contributed by atoms with E-state index in [1.165, 1.54) is 6.08 Å². The van der Waals surface area contributed by atoms with Crippen LogP contribution in [-0.2, 0) is 11.3 Å². The smallest absolute Gasteiger partial charge is 0.246 e. The number of hydrogen-bond donors (Lipinski definition) is 1. The molecule has 3 aromatic rings. The molecular formula is C19H19N3O2. The van der Waals surface area contributed by atoms with Crippen molar-refractivity contribution in [1.82, 2.24) is 9.88 Å². The molecule has 24 heavy (non-hydrogen) atoms. The van der Waals surface area contributed by atoms with Crippen molar-refractivity contribution in [3.63, 3.8) is 0 Å². The molecule has 0 unspecified atom stereocenters. The Bertz CT molecular complexity index is 895. The predicted molar refractivity (Wildman–Crippen MR) is 95.1 cm³/mol. The molecule has 5 nitrogen and oxygen atoms in total. The number of aromatic nitrogens is 1. The van der Waals surface area contributed by atoms with E-state index < -0.39 is 0 Å². The molecule has 0 atom stereocenters. The maximum absolute atomic E-state index is 12.3. The number of nitrogen functional groups attached to an aromatic ring is 1. The summed E-state index contributed by atoms with van der Waals surface area (Å²) >= 11 is 0. The minimum Gasteiger partial charge on any atom is -0.459 e. The van der Waals surface area contributed by atoms with Crippen LogP contribution in [0.4, 0.5) is 5.82 Å². The number of furan rings is 1. The number of carbonyl (C=O) groups excluding carboxylic acids is 1. The summed E-state index contributed by atoms with van der Waals surface area (Å²) in [5.41, 5.74) is 8.28. The Morgan fingerprint density at radius 3 is 2.79 bits per heavy atom. The zero-order chi connectivity index (χ0) is 17.1. The Hall–Kier alpha value is -3.08. The topological polar surface area (TPSA) is 72.4 Å². The van der Waals surface area contributed by atoms with Gasteiger partial charge < -0.3 is 15.1 Å². The van der Waals surface area contributed by atoms with E-state index in [4.69, 9.17) is 10.2 Å². The molecule has 5 heteroatoms. The Labute approximate surface area is 140 Å². The molecule has 0 aliphatic heterocycles. The third-order valence-electron chi connectivity index (χ3n) is 3.93. The van der Waals surface area contributed by atoms with Crippen molar-refractivity contribution in [2.75, 3.05) is 12.8 Å². The lowest BCUT2D eigenvalue weighted by molar-refractivity contribution is -0.125. The number of pyridine rings is 1. The predicted octanol–water partition coefficient (Wildman–Crippen LogP) is 3.39. The van der Waals surface area contributed by atoms with Crippen LogP contribution in [0.3, 0.4) is 0 Å². The van der Waals surface area contributed by atoms with Gasteiger partial charge in [-0.15, -0.1) is 0 Å². The minimum atomic E-state index is -0.105. The van der Waals surface area contributed by atoms with Crippen molar-refractivity contribution in [1.29, 1.82) is 0 Å². The maximum Gasteiger partial charge on any atom is 0.246 e. The van der Waals surface area contributed by atoms with Gasteiger partial charge in [0.05, 0.1) is 6.54 Å². The number of nitrogens with zero attached hydrogens (tertiary/aromatic N) is 2. The van der Waals surface area contributed by atoms with Crippen LogP contribution < -0.4 is 5.73 Å². The van der Waals surface area contributed by atoms with E-state index in [0.29, 0.717) is 12.4 Å². The molecule has 2 aromatic heterocycles. The number of amides is 1. The summed E-state index contributed by atoms with van der Waals surface area (Å²) in [5, 5.41) is 1.08. The number of likely N-dealkylation sites (N-methyl/N-ethyl adjacent to an activating group) is 1. The molecule has 0 aliphatic rings. The van der Waals surface area contributed by atoms with E-state index in [0.717, 1.165) is 27.9 Å². The third-order valence-corrected chi connectivity index (χ3v) is 3.93. The monoisotopic (exact) mass is 321 g/mol. The van der Waals surface area contributed by atoms with E-state index in [9.17, 15) is 4.79 Å². The van der Waals surface area contributed by atoms with Gasteiger partial charge in [-0.05, 0) is 36.8 Å². The zero-order valence-corrected chi connectivity index (χ0v) is 13.7. The number of para-hydroxylation sites is 1. The first-order valence-electron chi connectivity index (χ1n) is 7.66. The van der Waals surface area contributed by atoms with Crippen LogP contribution in [0.5, 0.6) is 0 Å². The second-order valence-electron chi connectivity index (χ2n) is 5.69. The number of nitrogens with two attached hydrogens (primary N) is 1. The minimum absolute atomic E-state index is 0.105. The van der Waals surface area contributed by atoms with Crippen LogP contribution in [0.1, 0.15) is 16.9 Å². The summed E-state index contributed by atoms with van der Waals surface area (Å²) in [6.45, 7) is 2.43. The van der Waals surface area contributed by atoms with Crippen molar-refractivity contribution >= 4 is 28.8 Å². The van der Waals surface area contributed by atoms with Crippen molar-refractivity contribution in [3.05, 3.63) is 65.6 Å². The molecule has 0 radical (unpaired) electrons. The molecule has 0 saturated carbocycles. The molecule has 2 N–H and O–H groups in total. The van der Waals surface area contributed by atoms with E-state index in [1.807, 2.05) is 37.3 Å². The summed E-state index contributed by atoms with van der Waals surface area (Å²) in [7, 11) is 1.75. The van der Waals surface area contributed by atoms with E-state index in [-0.39, 0.29) is 5.91 Å². The number of carbonyl (C=O) groups is 1. The summed E-state index contributed by atoms with van der Waals surface area (Å²) in [6.07, 6.45) is 4.87. The van der Waals surface area contributed by atoms with Crippen LogP contribution in [0.2, 0.25) is 0 Å². The van der Waals surface area contributed by atoms with Crippen LogP contribution in [0.15, 0.2) is 53.1 Å². The third kappa shape index (κ3) is 3.30. The molecule has 122 valence electrons. The van der Waals surface area contributed by atoms with Crippen LogP contribution >= 0.6 is 0 Å². The number of fused-ring (bicyclic) bond motifs is 1. The highest BCUT2D eigenvalue weighted by molar-refractivity contribution is 5.91. The molecule has 0 fully saturated rings. The van der Waals surface area contributed by atoms with E-state index in [2.05, 4.69) is 4.98 Å². The van der Waals surface area contributed by atoms with Gasteiger partial charge in [0.15, 0.2) is 0 Å². The Morgan fingerprint density at radius 1 is 1.29 bits per heavy atom. The molecule has 0 spiro atoms. The SMILES string of the molecule is Cc1c(CN(C)C(=O)C=Cc2ccc(N)nc2)oc2ccccc12. The molecule has 3 rings (SSSR count). The zero-order valence-electron chi connectivity index (χ0n) is 13.7. The lowest BCUT2D eigenvalue weighted by Gasteiger charge is -2.13. The lowest BCUT2D eigenvalue weighted by atomic mass is 10.1. The van der Waals surface area contributed by atoms with E-state index in [1.54, 1.807) is 30.3 Å². The summed E-state index contributed by atoms with van der Waals surface area (Å²) < 4.78 is 5.85. The van der Waals surface area contributed by atoms with E-state index >= 15 is 0 Å². The van der Waals surface area contributed by atoms with Gasteiger partial charge in [-0.1, -0.05) is 18.2 Å². The first-order chi connectivity index (χ1) is 11.5. The fraction of sp³-hybridized carbons (Fsp3) is 0.158. The van der Waals surface area contributed by atoms with Crippen LogP contribution in [0.25, 0.3) is 17.0 Å². The van der Waals surface area contributed by atoms with Gasteiger partial charge in [-0.2, -0.15) is 0 Å². The average molecular weight is 321 g/mol. The normalized spacial score (nSPS) is 11.2. The Balaban J connectivity index is 1.71. The molecule has 2 heterocycles. The Kier molecular flexibility index (Phi) is 4.33. The van der Waals surface area contributed by atoms with Crippen molar-refractivity contribution in [2.45, 2.75) is 13.5 Å². The molecular weight excluding hydrogens is 302 g/mol. The number of hydrogen-bond acceptors (Lipinski definition) is 4. The standard InChI is InChI=1S/C19H19N3O2/c1-13-15-5-3-4-6-16(15)24-17(13)12-22(2)19(23)10-8-14-7-9-18(20)21-11-14/h3-11H,12H2,1-2H3,(H2,20,21). The highest BCUT2D eigenvalue weighted by Crippen LogP contribution is 2.25.